The lowest BCUT2D eigenvalue weighted by Gasteiger charge is -2.18. The second-order valence-corrected chi connectivity index (χ2v) is 8.43. The van der Waals surface area contributed by atoms with E-state index >= 15 is 0 Å². The molecule has 150 valence electrons. The summed E-state index contributed by atoms with van der Waals surface area (Å²) >= 11 is 1.62. The van der Waals surface area contributed by atoms with Gasteiger partial charge in [0, 0.05) is 35.8 Å². The highest BCUT2D eigenvalue weighted by molar-refractivity contribution is 7.19. The van der Waals surface area contributed by atoms with E-state index in [9.17, 15) is 10.2 Å². The quantitative estimate of drug-likeness (QED) is 0.369. The van der Waals surface area contributed by atoms with Crippen LogP contribution in [0.1, 0.15) is 44.6 Å². The molecule has 2 unspecified atom stereocenters. The Hall–Kier alpha value is -1.63. The molecular formula is C21H33N3O2S. The van der Waals surface area contributed by atoms with E-state index in [1.54, 1.807) is 11.3 Å². The first-order valence-corrected chi connectivity index (χ1v) is 10.6. The van der Waals surface area contributed by atoms with Gasteiger partial charge < -0.3 is 20.8 Å². The fourth-order valence-corrected chi connectivity index (χ4v) is 4.21. The molecule has 2 atom stereocenters. The lowest BCUT2D eigenvalue weighted by atomic mass is 9.94. The number of aliphatic hydroxyl groups is 2. The van der Waals surface area contributed by atoms with Crippen molar-refractivity contribution in [2.45, 2.75) is 39.7 Å². The van der Waals surface area contributed by atoms with E-state index in [0.29, 0.717) is 30.9 Å². The number of nitrogens with one attached hydrogen (secondary N) is 2. The van der Waals surface area contributed by atoms with Crippen LogP contribution in [0.3, 0.4) is 0 Å². The first-order valence-electron chi connectivity index (χ1n) is 9.83. The van der Waals surface area contributed by atoms with Gasteiger partial charge in [-0.1, -0.05) is 32.0 Å². The molecule has 1 heterocycles. The summed E-state index contributed by atoms with van der Waals surface area (Å²) < 4.78 is 1.19. The summed E-state index contributed by atoms with van der Waals surface area (Å²) in [6.45, 7) is 8.46. The Balaban J connectivity index is 1.95. The number of aliphatic hydroxyl groups excluding tert-OH is 2. The van der Waals surface area contributed by atoms with E-state index in [4.69, 9.17) is 0 Å². The third kappa shape index (κ3) is 7.13. The summed E-state index contributed by atoms with van der Waals surface area (Å²) in [5.41, 5.74) is 0. The molecular weight excluding hydrogens is 358 g/mol. The van der Waals surface area contributed by atoms with Gasteiger partial charge in [-0.25, -0.2) is 0 Å². The number of benzene rings is 1. The fraction of sp³-hybridized carbons (Fsp3) is 0.571. The number of hydrogen-bond acceptors (Lipinski definition) is 4. The monoisotopic (exact) mass is 391 g/mol. The Morgan fingerprint density at radius 3 is 2.67 bits per heavy atom. The van der Waals surface area contributed by atoms with Crippen molar-refractivity contribution in [3.05, 3.63) is 35.2 Å². The topological polar surface area (TPSA) is 76.9 Å². The van der Waals surface area contributed by atoms with Crippen LogP contribution in [0, 0.1) is 11.8 Å². The molecule has 27 heavy (non-hydrogen) atoms. The molecule has 0 saturated carbocycles. The molecule has 0 spiro atoms. The number of aliphatic imine (C=N–C) groups is 1. The van der Waals surface area contributed by atoms with Crippen LogP contribution in [0.15, 0.2) is 35.3 Å². The Morgan fingerprint density at radius 2 is 2.00 bits per heavy atom. The predicted molar refractivity (Wildman–Crippen MR) is 115 cm³/mol. The van der Waals surface area contributed by atoms with Crippen molar-refractivity contribution < 1.29 is 10.2 Å². The standard InChI is InChI=1S/C21H33N3O2S/c1-4-22-21(23-13-16(9-10-25)11-15(2)3)24-14-18(26)20-12-17-7-5-6-8-19(17)27-20/h5-8,12,15-16,18,25-26H,4,9-11,13-14H2,1-3H3,(H2,22,23,24). The average Bonchev–Trinajstić information content (AvgIpc) is 3.07. The molecule has 0 fully saturated rings. The van der Waals surface area contributed by atoms with Crippen LogP contribution in [-0.2, 0) is 0 Å². The van der Waals surface area contributed by atoms with Crippen molar-refractivity contribution in [2.24, 2.45) is 16.8 Å². The van der Waals surface area contributed by atoms with Crippen LogP contribution >= 0.6 is 11.3 Å². The highest BCUT2D eigenvalue weighted by Gasteiger charge is 2.13. The Morgan fingerprint density at radius 1 is 1.22 bits per heavy atom. The molecule has 0 bridgehead atoms. The Bertz CT molecular complexity index is 681. The van der Waals surface area contributed by atoms with Crippen LogP contribution in [0.4, 0.5) is 0 Å². The lowest BCUT2D eigenvalue weighted by Crippen LogP contribution is -2.39. The van der Waals surface area contributed by atoms with Crippen molar-refractivity contribution in [1.82, 2.24) is 10.6 Å². The van der Waals surface area contributed by atoms with Gasteiger partial charge >= 0.3 is 0 Å². The average molecular weight is 392 g/mol. The maximum atomic E-state index is 10.6. The van der Waals surface area contributed by atoms with Gasteiger partial charge in [0.05, 0.1) is 0 Å². The first-order chi connectivity index (χ1) is 13.0. The van der Waals surface area contributed by atoms with E-state index < -0.39 is 6.10 Å². The minimum absolute atomic E-state index is 0.196. The number of nitrogens with zero attached hydrogens (tertiary/aromatic N) is 1. The van der Waals surface area contributed by atoms with Crippen LogP contribution in [-0.4, -0.2) is 42.4 Å². The van der Waals surface area contributed by atoms with Crippen LogP contribution < -0.4 is 10.6 Å². The van der Waals surface area contributed by atoms with Gasteiger partial charge in [0.25, 0.3) is 0 Å². The minimum Gasteiger partial charge on any atom is -0.396 e. The van der Waals surface area contributed by atoms with Crippen molar-refractivity contribution in [1.29, 1.82) is 0 Å². The highest BCUT2D eigenvalue weighted by atomic mass is 32.1. The van der Waals surface area contributed by atoms with Gasteiger partial charge in [-0.15, -0.1) is 11.3 Å². The summed E-state index contributed by atoms with van der Waals surface area (Å²) in [5, 5.41) is 27.5. The van der Waals surface area contributed by atoms with Crippen molar-refractivity contribution >= 4 is 27.4 Å². The van der Waals surface area contributed by atoms with Crippen molar-refractivity contribution in [3.8, 4) is 0 Å². The van der Waals surface area contributed by atoms with Gasteiger partial charge in [-0.2, -0.15) is 0 Å². The molecule has 5 nitrogen and oxygen atoms in total. The van der Waals surface area contributed by atoms with Gasteiger partial charge in [-0.3, -0.25) is 4.99 Å². The van der Waals surface area contributed by atoms with Crippen LogP contribution in [0.5, 0.6) is 0 Å². The zero-order valence-corrected chi connectivity index (χ0v) is 17.4. The lowest BCUT2D eigenvalue weighted by molar-refractivity contribution is 0.184. The number of thiophene rings is 1. The molecule has 4 N–H and O–H groups in total. The molecule has 0 aliphatic carbocycles. The molecule has 0 amide bonds. The Labute approximate surface area is 166 Å². The summed E-state index contributed by atoms with van der Waals surface area (Å²) in [7, 11) is 0. The largest absolute Gasteiger partial charge is 0.396 e. The fourth-order valence-electron chi connectivity index (χ4n) is 3.16. The zero-order valence-electron chi connectivity index (χ0n) is 16.6. The number of hydrogen-bond donors (Lipinski definition) is 4. The maximum absolute atomic E-state index is 10.6. The molecule has 1 aromatic carbocycles. The van der Waals surface area contributed by atoms with Crippen LogP contribution in [0.2, 0.25) is 0 Å². The summed E-state index contributed by atoms with van der Waals surface area (Å²) in [6, 6.07) is 10.2. The zero-order chi connectivity index (χ0) is 19.6. The first kappa shape index (κ1) is 21.7. The molecule has 1 aromatic heterocycles. The molecule has 2 rings (SSSR count). The number of guanidine groups is 1. The summed E-state index contributed by atoms with van der Waals surface area (Å²) in [6.07, 6.45) is 1.24. The molecule has 0 aliphatic heterocycles. The maximum Gasteiger partial charge on any atom is 0.191 e. The third-order valence-electron chi connectivity index (χ3n) is 4.43. The normalized spacial score (nSPS) is 14.5. The van der Waals surface area contributed by atoms with Crippen molar-refractivity contribution in [2.75, 3.05) is 26.2 Å². The van der Waals surface area contributed by atoms with Crippen molar-refractivity contribution in [3.63, 3.8) is 0 Å². The van der Waals surface area contributed by atoms with E-state index in [0.717, 1.165) is 29.6 Å². The van der Waals surface area contributed by atoms with Gasteiger partial charge in [0.15, 0.2) is 5.96 Å². The van der Waals surface area contributed by atoms with E-state index in [-0.39, 0.29) is 6.61 Å². The molecule has 0 radical (unpaired) electrons. The summed E-state index contributed by atoms with van der Waals surface area (Å²) in [4.78, 5) is 5.63. The third-order valence-corrected chi connectivity index (χ3v) is 5.65. The SMILES string of the molecule is CCNC(=NCC(CCO)CC(C)C)NCC(O)c1cc2ccccc2s1. The van der Waals surface area contributed by atoms with Crippen LogP contribution in [0.25, 0.3) is 10.1 Å². The van der Waals surface area contributed by atoms with Gasteiger partial charge in [0.2, 0.25) is 0 Å². The smallest absolute Gasteiger partial charge is 0.191 e. The molecule has 2 aromatic rings. The van der Waals surface area contributed by atoms with E-state index in [1.807, 2.05) is 19.1 Å². The van der Waals surface area contributed by atoms with E-state index in [2.05, 4.69) is 47.7 Å². The van der Waals surface area contributed by atoms with Gasteiger partial charge in [0.1, 0.15) is 6.10 Å². The van der Waals surface area contributed by atoms with E-state index in [1.165, 1.54) is 4.70 Å². The molecule has 6 heteroatoms. The Kier molecular flexibility index (Phi) is 9.04. The minimum atomic E-state index is -0.574. The predicted octanol–water partition coefficient (Wildman–Crippen LogP) is 3.53. The number of fused-ring (bicyclic) bond motifs is 1. The second kappa shape index (κ2) is 11.3. The van der Waals surface area contributed by atoms with Gasteiger partial charge in [-0.05, 0) is 49.1 Å². The molecule has 0 saturated heterocycles. The number of rotatable bonds is 10. The highest BCUT2D eigenvalue weighted by Crippen LogP contribution is 2.29. The second-order valence-electron chi connectivity index (χ2n) is 7.31. The summed E-state index contributed by atoms with van der Waals surface area (Å²) in [5.74, 6) is 1.67. The molecule has 0 aliphatic rings.